The van der Waals surface area contributed by atoms with Crippen LogP contribution in [-0.4, -0.2) is 45.2 Å². The molecule has 0 heterocycles. The molecule has 1 aromatic rings. The average Bonchev–Trinajstić information content (AvgIpc) is 3.17. The van der Waals surface area contributed by atoms with E-state index in [1.165, 1.54) is 29.7 Å². The van der Waals surface area contributed by atoms with Gasteiger partial charge in [-0.2, -0.15) is 0 Å². The van der Waals surface area contributed by atoms with Gasteiger partial charge in [-0.1, -0.05) is 17.7 Å². The van der Waals surface area contributed by atoms with Gasteiger partial charge in [0.25, 0.3) is 0 Å². The van der Waals surface area contributed by atoms with Crippen molar-refractivity contribution in [3.8, 4) is 0 Å². The van der Waals surface area contributed by atoms with E-state index in [4.69, 9.17) is 0 Å². The second-order valence-electron chi connectivity index (χ2n) is 6.01. The van der Waals surface area contributed by atoms with E-state index in [0.717, 1.165) is 25.7 Å². The molecule has 0 aliphatic heterocycles. The van der Waals surface area contributed by atoms with Crippen molar-refractivity contribution in [3.05, 3.63) is 29.3 Å². The number of hydrogen-bond donors (Lipinski definition) is 1. The Balaban J connectivity index is 2.03. The number of aryl methyl sites for hydroxylation is 1. The molecule has 106 valence electrons. The average molecular weight is 261 g/mol. The van der Waals surface area contributed by atoms with E-state index in [1.807, 2.05) is 0 Å². The summed E-state index contributed by atoms with van der Waals surface area (Å²) in [6.07, 6.45) is 2.69. The number of nitrogens with zero attached hydrogens (tertiary/aromatic N) is 2. The first-order valence-corrected chi connectivity index (χ1v) is 7.25. The Bertz CT molecular complexity index is 410. The van der Waals surface area contributed by atoms with Crippen LogP contribution in [0.2, 0.25) is 0 Å². The molecule has 0 unspecified atom stereocenters. The smallest absolute Gasteiger partial charge is 0.0409 e. The number of rotatable bonds is 7. The van der Waals surface area contributed by atoms with Gasteiger partial charge in [0.15, 0.2) is 0 Å². The molecule has 0 spiro atoms. The Hall–Kier alpha value is -1.06. The van der Waals surface area contributed by atoms with Gasteiger partial charge in [0, 0.05) is 38.4 Å². The molecular weight excluding hydrogens is 234 g/mol. The standard InChI is InChI=1S/C16H27N3/c1-13-5-8-16(19(4)10-9-18(2)3)14(11-13)12-17-15-6-7-15/h5,8,11,15,17H,6-7,9-10,12H2,1-4H3. The third kappa shape index (κ3) is 4.51. The van der Waals surface area contributed by atoms with Crippen molar-refractivity contribution in [2.75, 3.05) is 39.1 Å². The maximum atomic E-state index is 3.62. The minimum atomic E-state index is 0.764. The maximum absolute atomic E-state index is 3.62. The summed E-state index contributed by atoms with van der Waals surface area (Å²) in [5.74, 6) is 0. The summed E-state index contributed by atoms with van der Waals surface area (Å²) in [4.78, 5) is 4.59. The number of anilines is 1. The van der Waals surface area contributed by atoms with Crippen molar-refractivity contribution in [3.63, 3.8) is 0 Å². The van der Waals surface area contributed by atoms with Crippen LogP contribution in [0.15, 0.2) is 18.2 Å². The molecule has 0 amide bonds. The van der Waals surface area contributed by atoms with E-state index in [-0.39, 0.29) is 0 Å². The van der Waals surface area contributed by atoms with E-state index in [2.05, 4.69) is 61.4 Å². The molecule has 0 radical (unpaired) electrons. The fourth-order valence-corrected chi connectivity index (χ4v) is 2.24. The monoisotopic (exact) mass is 261 g/mol. The van der Waals surface area contributed by atoms with Crippen LogP contribution in [0, 0.1) is 6.92 Å². The first-order valence-electron chi connectivity index (χ1n) is 7.25. The van der Waals surface area contributed by atoms with Gasteiger partial charge in [-0.15, -0.1) is 0 Å². The molecule has 0 bridgehead atoms. The maximum Gasteiger partial charge on any atom is 0.0409 e. The lowest BCUT2D eigenvalue weighted by Gasteiger charge is -2.24. The Morgan fingerprint density at radius 2 is 1.89 bits per heavy atom. The van der Waals surface area contributed by atoms with Gasteiger partial charge in [-0.25, -0.2) is 0 Å². The molecule has 3 nitrogen and oxygen atoms in total. The number of benzene rings is 1. The van der Waals surface area contributed by atoms with Crippen molar-refractivity contribution in [2.45, 2.75) is 32.4 Å². The molecule has 19 heavy (non-hydrogen) atoms. The minimum Gasteiger partial charge on any atom is -0.373 e. The molecular formula is C16H27N3. The fraction of sp³-hybridized carbons (Fsp3) is 0.625. The predicted molar refractivity (Wildman–Crippen MR) is 82.9 cm³/mol. The summed E-state index contributed by atoms with van der Waals surface area (Å²) in [5.41, 5.74) is 4.13. The highest BCUT2D eigenvalue weighted by molar-refractivity contribution is 5.54. The van der Waals surface area contributed by atoms with Crippen LogP contribution < -0.4 is 10.2 Å². The van der Waals surface area contributed by atoms with Gasteiger partial charge in [0.2, 0.25) is 0 Å². The molecule has 3 heteroatoms. The highest BCUT2D eigenvalue weighted by Crippen LogP contribution is 2.24. The fourth-order valence-electron chi connectivity index (χ4n) is 2.24. The lowest BCUT2D eigenvalue weighted by atomic mass is 10.1. The molecule has 0 aromatic heterocycles. The Morgan fingerprint density at radius 3 is 2.53 bits per heavy atom. The van der Waals surface area contributed by atoms with Crippen molar-refractivity contribution in [2.24, 2.45) is 0 Å². The van der Waals surface area contributed by atoms with Crippen molar-refractivity contribution < 1.29 is 0 Å². The third-order valence-electron chi connectivity index (χ3n) is 3.69. The number of nitrogens with one attached hydrogen (secondary N) is 1. The van der Waals surface area contributed by atoms with Crippen LogP contribution >= 0.6 is 0 Å². The first-order chi connectivity index (χ1) is 9.06. The van der Waals surface area contributed by atoms with Gasteiger partial charge in [-0.3, -0.25) is 0 Å². The lowest BCUT2D eigenvalue weighted by Crippen LogP contribution is -2.29. The Kier molecular flexibility index (Phi) is 4.83. The van der Waals surface area contributed by atoms with E-state index in [1.54, 1.807) is 0 Å². The zero-order valence-electron chi connectivity index (χ0n) is 12.7. The highest BCUT2D eigenvalue weighted by Gasteiger charge is 2.20. The van der Waals surface area contributed by atoms with E-state index >= 15 is 0 Å². The quantitative estimate of drug-likeness (QED) is 0.812. The van der Waals surface area contributed by atoms with Gasteiger partial charge in [0.1, 0.15) is 0 Å². The lowest BCUT2D eigenvalue weighted by molar-refractivity contribution is 0.416. The predicted octanol–water partition coefficient (Wildman–Crippen LogP) is 2.24. The van der Waals surface area contributed by atoms with Crippen LogP contribution in [0.1, 0.15) is 24.0 Å². The van der Waals surface area contributed by atoms with Crippen LogP contribution in [0.4, 0.5) is 5.69 Å². The highest BCUT2D eigenvalue weighted by atomic mass is 15.2. The summed E-state index contributed by atoms with van der Waals surface area (Å²) in [6, 6.07) is 7.55. The molecule has 1 N–H and O–H groups in total. The molecule has 1 aliphatic carbocycles. The van der Waals surface area contributed by atoms with Crippen molar-refractivity contribution in [1.82, 2.24) is 10.2 Å². The molecule has 1 saturated carbocycles. The number of likely N-dealkylation sites (N-methyl/N-ethyl adjacent to an activating group) is 2. The molecule has 0 atom stereocenters. The SMILES string of the molecule is Cc1ccc(N(C)CCN(C)C)c(CNC2CC2)c1. The minimum absolute atomic E-state index is 0.764. The zero-order valence-corrected chi connectivity index (χ0v) is 12.7. The summed E-state index contributed by atoms with van der Waals surface area (Å²) >= 11 is 0. The molecule has 0 saturated heterocycles. The second-order valence-corrected chi connectivity index (χ2v) is 6.01. The topological polar surface area (TPSA) is 18.5 Å². The van der Waals surface area contributed by atoms with E-state index in [9.17, 15) is 0 Å². The van der Waals surface area contributed by atoms with Gasteiger partial charge >= 0.3 is 0 Å². The van der Waals surface area contributed by atoms with E-state index < -0.39 is 0 Å². The molecule has 1 fully saturated rings. The Labute approximate surface area is 117 Å². The first kappa shape index (κ1) is 14.4. The van der Waals surface area contributed by atoms with Crippen LogP contribution in [0.3, 0.4) is 0 Å². The summed E-state index contributed by atoms with van der Waals surface area (Å²) < 4.78 is 0. The van der Waals surface area contributed by atoms with Gasteiger partial charge in [-0.05, 0) is 45.5 Å². The normalized spacial score (nSPS) is 15.0. The summed E-state index contributed by atoms with van der Waals surface area (Å²) in [5, 5.41) is 3.62. The number of hydrogen-bond acceptors (Lipinski definition) is 3. The Morgan fingerprint density at radius 1 is 1.16 bits per heavy atom. The summed E-state index contributed by atoms with van der Waals surface area (Å²) in [6.45, 7) is 5.31. The van der Waals surface area contributed by atoms with Crippen LogP contribution in [-0.2, 0) is 6.54 Å². The molecule has 2 rings (SSSR count). The van der Waals surface area contributed by atoms with Crippen LogP contribution in [0.5, 0.6) is 0 Å². The van der Waals surface area contributed by atoms with Gasteiger partial charge < -0.3 is 15.1 Å². The van der Waals surface area contributed by atoms with Crippen LogP contribution in [0.25, 0.3) is 0 Å². The zero-order chi connectivity index (χ0) is 13.8. The summed E-state index contributed by atoms with van der Waals surface area (Å²) in [7, 11) is 6.44. The molecule has 1 aromatic carbocycles. The second kappa shape index (κ2) is 6.40. The van der Waals surface area contributed by atoms with Crippen molar-refractivity contribution in [1.29, 1.82) is 0 Å². The third-order valence-corrected chi connectivity index (χ3v) is 3.69. The molecule has 1 aliphatic rings. The van der Waals surface area contributed by atoms with Crippen molar-refractivity contribution >= 4 is 5.69 Å². The van der Waals surface area contributed by atoms with E-state index in [0.29, 0.717) is 0 Å². The largest absolute Gasteiger partial charge is 0.373 e. The van der Waals surface area contributed by atoms with Gasteiger partial charge in [0.05, 0.1) is 0 Å².